The van der Waals surface area contributed by atoms with E-state index in [1.54, 1.807) is 26.8 Å². The van der Waals surface area contributed by atoms with E-state index in [-0.39, 0.29) is 17.2 Å². The summed E-state index contributed by atoms with van der Waals surface area (Å²) in [6.07, 6.45) is 0. The smallest absolute Gasteiger partial charge is 0.326 e. The van der Waals surface area contributed by atoms with Crippen LogP contribution in [0.1, 0.15) is 30.7 Å². The second-order valence-electron chi connectivity index (χ2n) is 5.33. The van der Waals surface area contributed by atoms with Crippen molar-refractivity contribution in [1.29, 1.82) is 0 Å². The van der Waals surface area contributed by atoms with Gasteiger partial charge in [0.2, 0.25) is 0 Å². The zero-order valence-electron chi connectivity index (χ0n) is 13.8. The van der Waals surface area contributed by atoms with Crippen molar-refractivity contribution in [3.05, 3.63) is 28.6 Å². The van der Waals surface area contributed by atoms with Gasteiger partial charge in [0.1, 0.15) is 12.2 Å². The topological polar surface area (TPSA) is 114 Å². The van der Waals surface area contributed by atoms with Gasteiger partial charge < -0.3 is 9.84 Å². The molecule has 0 aliphatic carbocycles. The number of aliphatic hydroxyl groups excluding tert-OH is 1. The van der Waals surface area contributed by atoms with Gasteiger partial charge in [-0.15, -0.1) is 0 Å². The highest BCUT2D eigenvalue weighted by atomic mass is 32.2. The lowest BCUT2D eigenvalue weighted by molar-refractivity contribution is -0.143. The predicted molar refractivity (Wildman–Crippen MR) is 84.5 cm³/mol. The average Bonchev–Trinajstić information content (AvgIpc) is 2.44. The van der Waals surface area contributed by atoms with Gasteiger partial charge in [-0.05, 0) is 32.4 Å². The fourth-order valence-corrected chi connectivity index (χ4v) is 4.28. The number of carbonyl (C=O) groups is 2. The number of aromatic nitrogens is 1. The molecule has 1 aromatic heterocycles. The number of aliphatic hydroxyl groups is 1. The zero-order chi connectivity index (χ0) is 18.2. The summed E-state index contributed by atoms with van der Waals surface area (Å²) in [6.45, 7) is 5.25. The third kappa shape index (κ3) is 2.86. The Morgan fingerprint density at radius 3 is 2.50 bits per heavy atom. The summed E-state index contributed by atoms with van der Waals surface area (Å²) in [6, 6.07) is 1.60. The van der Waals surface area contributed by atoms with Gasteiger partial charge >= 0.3 is 5.97 Å². The first-order valence-corrected chi connectivity index (χ1v) is 8.66. The van der Waals surface area contributed by atoms with Crippen LogP contribution in [0.2, 0.25) is 0 Å². The Labute approximate surface area is 139 Å². The number of allylic oxidation sites excluding steroid dienone is 1. The van der Waals surface area contributed by atoms with E-state index in [1.807, 2.05) is 0 Å². The number of carbonyl (C=O) groups excluding carboxylic acids is 2. The van der Waals surface area contributed by atoms with Gasteiger partial charge in [0, 0.05) is 12.6 Å². The second-order valence-corrected chi connectivity index (χ2v) is 7.11. The highest BCUT2D eigenvalue weighted by molar-refractivity contribution is 7.89. The van der Waals surface area contributed by atoms with Crippen molar-refractivity contribution in [2.45, 2.75) is 32.7 Å². The predicted octanol–water partition coefficient (Wildman–Crippen LogP) is 1.08. The maximum Gasteiger partial charge on any atom is 0.326 e. The Bertz CT molecular complexity index is 857. The van der Waals surface area contributed by atoms with E-state index < -0.39 is 39.8 Å². The molecule has 1 aliphatic heterocycles. The fourth-order valence-electron chi connectivity index (χ4n) is 2.57. The lowest BCUT2D eigenvalue weighted by Gasteiger charge is -2.30. The first-order valence-electron chi connectivity index (χ1n) is 7.22. The molecule has 1 aliphatic rings. The molecule has 24 heavy (non-hydrogen) atoms. The molecule has 0 saturated carbocycles. The number of hydrogen-bond acceptors (Lipinski definition) is 7. The summed E-state index contributed by atoms with van der Waals surface area (Å²) in [5.74, 6) is -2.03. The molecule has 0 unspecified atom stereocenters. The van der Waals surface area contributed by atoms with Crippen LogP contribution in [0.3, 0.4) is 0 Å². The molecule has 9 heteroatoms. The standard InChI is InChI=1S/C15H18N2O6S/c1-5-23-11(19)7-17-13(10(4)18)14(20)12-8(2)6-9(3)16-15(12)24(17,21)22/h6,20H,5,7H2,1-4H3. The lowest BCUT2D eigenvalue weighted by Crippen LogP contribution is -2.41. The van der Waals surface area contributed by atoms with E-state index in [0.717, 1.165) is 6.92 Å². The van der Waals surface area contributed by atoms with Crippen LogP contribution in [0.4, 0.5) is 0 Å². The number of fused-ring (bicyclic) bond motifs is 1. The van der Waals surface area contributed by atoms with E-state index in [4.69, 9.17) is 4.74 Å². The van der Waals surface area contributed by atoms with Gasteiger partial charge in [-0.1, -0.05) is 0 Å². The van der Waals surface area contributed by atoms with Crippen molar-refractivity contribution in [3.8, 4) is 0 Å². The van der Waals surface area contributed by atoms with Gasteiger partial charge in [0.05, 0.1) is 12.2 Å². The minimum Gasteiger partial charge on any atom is -0.505 e. The Morgan fingerprint density at radius 2 is 1.96 bits per heavy atom. The summed E-state index contributed by atoms with van der Waals surface area (Å²) in [4.78, 5) is 27.7. The van der Waals surface area contributed by atoms with Crippen LogP contribution in [-0.2, 0) is 24.3 Å². The van der Waals surface area contributed by atoms with Crippen molar-refractivity contribution >= 4 is 27.5 Å². The Kier molecular flexibility index (Phi) is 4.66. The molecule has 0 radical (unpaired) electrons. The van der Waals surface area contributed by atoms with Crippen LogP contribution in [0.15, 0.2) is 16.8 Å². The molecule has 1 N–H and O–H groups in total. The van der Waals surface area contributed by atoms with Crippen molar-refractivity contribution < 1.29 is 27.9 Å². The van der Waals surface area contributed by atoms with Crippen LogP contribution in [0, 0.1) is 13.8 Å². The number of esters is 1. The molecular formula is C15H18N2O6S. The number of ether oxygens (including phenoxy) is 1. The van der Waals surface area contributed by atoms with Gasteiger partial charge in [0.25, 0.3) is 10.0 Å². The Morgan fingerprint density at radius 1 is 1.33 bits per heavy atom. The second kappa shape index (κ2) is 6.23. The molecule has 0 atom stereocenters. The van der Waals surface area contributed by atoms with Crippen LogP contribution in [-0.4, -0.2) is 47.7 Å². The number of hydrogen-bond donors (Lipinski definition) is 1. The number of Topliss-reactive ketones (excluding diaryl/α,β-unsaturated/α-hetero) is 1. The van der Waals surface area contributed by atoms with Gasteiger partial charge in [0.15, 0.2) is 16.6 Å². The number of sulfonamides is 1. The molecule has 2 heterocycles. The third-order valence-electron chi connectivity index (χ3n) is 3.47. The molecule has 0 bridgehead atoms. The van der Waals surface area contributed by atoms with Crippen molar-refractivity contribution in [1.82, 2.24) is 9.29 Å². The van der Waals surface area contributed by atoms with E-state index in [1.165, 1.54) is 0 Å². The van der Waals surface area contributed by atoms with Crippen LogP contribution >= 0.6 is 0 Å². The lowest BCUT2D eigenvalue weighted by atomic mass is 10.1. The molecular weight excluding hydrogens is 336 g/mol. The number of pyridine rings is 1. The number of aryl methyl sites for hydroxylation is 2. The molecule has 0 spiro atoms. The van der Waals surface area contributed by atoms with Crippen molar-refractivity contribution in [2.75, 3.05) is 13.2 Å². The van der Waals surface area contributed by atoms with E-state index in [2.05, 4.69) is 4.98 Å². The maximum atomic E-state index is 12.9. The first kappa shape index (κ1) is 17.9. The summed E-state index contributed by atoms with van der Waals surface area (Å²) in [5.41, 5.74) is 0.410. The molecule has 130 valence electrons. The third-order valence-corrected chi connectivity index (χ3v) is 5.14. The van der Waals surface area contributed by atoms with Crippen molar-refractivity contribution in [2.24, 2.45) is 0 Å². The van der Waals surface area contributed by atoms with E-state index in [0.29, 0.717) is 15.6 Å². The summed E-state index contributed by atoms with van der Waals surface area (Å²) < 4.78 is 31.0. The maximum absolute atomic E-state index is 12.9. The zero-order valence-corrected chi connectivity index (χ0v) is 14.6. The minimum absolute atomic E-state index is 0.0223. The highest BCUT2D eigenvalue weighted by Crippen LogP contribution is 2.36. The van der Waals surface area contributed by atoms with E-state index >= 15 is 0 Å². The first-order chi connectivity index (χ1) is 11.1. The molecule has 1 aromatic rings. The monoisotopic (exact) mass is 354 g/mol. The van der Waals surface area contributed by atoms with Crippen LogP contribution in [0.5, 0.6) is 0 Å². The summed E-state index contributed by atoms with van der Waals surface area (Å²) in [7, 11) is -4.29. The molecule has 0 amide bonds. The average molecular weight is 354 g/mol. The molecule has 2 rings (SSSR count). The molecule has 0 fully saturated rings. The number of ketones is 1. The Balaban J connectivity index is 2.76. The minimum atomic E-state index is -4.29. The van der Waals surface area contributed by atoms with Crippen LogP contribution < -0.4 is 0 Å². The van der Waals surface area contributed by atoms with Crippen molar-refractivity contribution in [3.63, 3.8) is 0 Å². The molecule has 0 aromatic carbocycles. The highest BCUT2D eigenvalue weighted by Gasteiger charge is 2.42. The quantitative estimate of drug-likeness (QED) is 0.805. The van der Waals surface area contributed by atoms with Crippen LogP contribution in [0.25, 0.3) is 5.76 Å². The fraction of sp³-hybridized carbons (Fsp3) is 0.400. The summed E-state index contributed by atoms with van der Waals surface area (Å²) in [5, 5.41) is 10.1. The van der Waals surface area contributed by atoms with Gasteiger partial charge in [-0.25, -0.2) is 9.29 Å². The van der Waals surface area contributed by atoms with E-state index in [9.17, 15) is 23.1 Å². The van der Waals surface area contributed by atoms with Gasteiger partial charge in [-0.2, -0.15) is 8.42 Å². The van der Waals surface area contributed by atoms with Gasteiger partial charge in [-0.3, -0.25) is 9.59 Å². The SMILES string of the molecule is CCOC(=O)CN1C(C(C)=O)=C(O)c2c(C)cc(C)nc2S1(=O)=O. The largest absolute Gasteiger partial charge is 0.505 e. The Hall–Kier alpha value is -2.42. The molecule has 0 saturated heterocycles. The number of rotatable bonds is 4. The summed E-state index contributed by atoms with van der Waals surface area (Å²) >= 11 is 0. The normalized spacial score (nSPS) is 15.9. The molecule has 8 nitrogen and oxygen atoms in total. The number of nitrogens with zero attached hydrogens (tertiary/aromatic N) is 2.